The lowest BCUT2D eigenvalue weighted by molar-refractivity contribution is -0.127. The zero-order valence-corrected chi connectivity index (χ0v) is 11.7. The Kier molecular flexibility index (Phi) is 6.32. The minimum atomic E-state index is -0.572. The van der Waals surface area contributed by atoms with Crippen LogP contribution >= 0.6 is 0 Å². The SMILES string of the molecule is COCCNC(=O)C(C)Oc1ccccc1[C@@H](C)N. The number of hydrogen-bond donors (Lipinski definition) is 2. The van der Waals surface area contributed by atoms with Gasteiger partial charge in [0.25, 0.3) is 5.91 Å². The number of methoxy groups -OCH3 is 1. The van der Waals surface area contributed by atoms with Crippen LogP contribution in [0.2, 0.25) is 0 Å². The molecule has 1 aromatic rings. The maximum Gasteiger partial charge on any atom is 0.260 e. The van der Waals surface area contributed by atoms with Crippen molar-refractivity contribution in [1.29, 1.82) is 0 Å². The molecule has 3 N–H and O–H groups in total. The molecule has 1 amide bonds. The van der Waals surface area contributed by atoms with E-state index in [0.29, 0.717) is 18.9 Å². The molecule has 19 heavy (non-hydrogen) atoms. The number of nitrogens with two attached hydrogens (primary N) is 1. The number of hydrogen-bond acceptors (Lipinski definition) is 4. The lowest BCUT2D eigenvalue weighted by Crippen LogP contribution is -2.38. The van der Waals surface area contributed by atoms with E-state index in [1.807, 2.05) is 31.2 Å². The molecular weight excluding hydrogens is 244 g/mol. The number of nitrogens with one attached hydrogen (secondary N) is 1. The van der Waals surface area contributed by atoms with Crippen molar-refractivity contribution >= 4 is 5.91 Å². The molecule has 5 nitrogen and oxygen atoms in total. The Morgan fingerprint density at radius 2 is 2.05 bits per heavy atom. The second kappa shape index (κ2) is 7.76. The maximum atomic E-state index is 11.8. The van der Waals surface area contributed by atoms with E-state index in [1.54, 1.807) is 14.0 Å². The first-order chi connectivity index (χ1) is 9.06. The van der Waals surface area contributed by atoms with Crippen LogP contribution in [0.1, 0.15) is 25.5 Å². The smallest absolute Gasteiger partial charge is 0.260 e. The molecule has 0 heterocycles. The van der Waals surface area contributed by atoms with Gasteiger partial charge in [-0.2, -0.15) is 0 Å². The third kappa shape index (κ3) is 4.89. The van der Waals surface area contributed by atoms with Gasteiger partial charge in [-0.1, -0.05) is 18.2 Å². The van der Waals surface area contributed by atoms with Gasteiger partial charge in [0.1, 0.15) is 5.75 Å². The zero-order chi connectivity index (χ0) is 14.3. The number of benzene rings is 1. The summed E-state index contributed by atoms with van der Waals surface area (Å²) in [5.41, 5.74) is 6.76. The Balaban J connectivity index is 2.61. The summed E-state index contributed by atoms with van der Waals surface area (Å²) in [6.45, 7) is 4.54. The predicted molar refractivity (Wildman–Crippen MR) is 74.0 cm³/mol. The molecule has 0 saturated carbocycles. The summed E-state index contributed by atoms with van der Waals surface area (Å²) in [5.74, 6) is 0.475. The van der Waals surface area contributed by atoms with E-state index in [-0.39, 0.29) is 11.9 Å². The molecule has 0 bridgehead atoms. The Morgan fingerprint density at radius 1 is 1.37 bits per heavy atom. The van der Waals surface area contributed by atoms with Crippen LogP contribution in [0.4, 0.5) is 0 Å². The monoisotopic (exact) mass is 266 g/mol. The Labute approximate surface area is 114 Å². The molecule has 0 aliphatic heterocycles. The lowest BCUT2D eigenvalue weighted by Gasteiger charge is -2.18. The van der Waals surface area contributed by atoms with Gasteiger partial charge in [0, 0.05) is 25.3 Å². The number of carbonyl (C=O) groups excluding carboxylic acids is 1. The van der Waals surface area contributed by atoms with E-state index >= 15 is 0 Å². The van der Waals surface area contributed by atoms with Gasteiger partial charge in [-0.25, -0.2) is 0 Å². The molecule has 0 aliphatic rings. The Morgan fingerprint density at radius 3 is 2.68 bits per heavy atom. The minimum absolute atomic E-state index is 0.139. The van der Waals surface area contributed by atoms with Crippen molar-refractivity contribution < 1.29 is 14.3 Å². The van der Waals surface area contributed by atoms with Crippen molar-refractivity contribution in [2.45, 2.75) is 26.0 Å². The van der Waals surface area contributed by atoms with Gasteiger partial charge in [0.2, 0.25) is 0 Å². The summed E-state index contributed by atoms with van der Waals surface area (Å²) in [5, 5.41) is 2.73. The van der Waals surface area contributed by atoms with Crippen LogP contribution in [0.15, 0.2) is 24.3 Å². The first kappa shape index (κ1) is 15.5. The van der Waals surface area contributed by atoms with Gasteiger partial charge in [0.15, 0.2) is 6.10 Å². The van der Waals surface area contributed by atoms with Crippen molar-refractivity contribution in [2.24, 2.45) is 5.73 Å². The van der Waals surface area contributed by atoms with Crippen LogP contribution in [-0.2, 0) is 9.53 Å². The van der Waals surface area contributed by atoms with E-state index in [9.17, 15) is 4.79 Å². The van der Waals surface area contributed by atoms with E-state index in [0.717, 1.165) is 5.56 Å². The standard InChI is InChI=1S/C14H22N2O3/c1-10(15)12-6-4-5-7-13(12)19-11(2)14(17)16-8-9-18-3/h4-7,10-11H,8-9,15H2,1-3H3,(H,16,17)/t10-,11?/m1/s1. The highest BCUT2D eigenvalue weighted by Gasteiger charge is 2.16. The van der Waals surface area contributed by atoms with Crippen LogP contribution in [-0.4, -0.2) is 32.3 Å². The summed E-state index contributed by atoms with van der Waals surface area (Å²) in [6.07, 6.45) is -0.572. The second-order valence-electron chi connectivity index (χ2n) is 4.37. The van der Waals surface area contributed by atoms with Crippen molar-refractivity contribution in [2.75, 3.05) is 20.3 Å². The molecule has 0 spiro atoms. The molecule has 0 saturated heterocycles. The third-order valence-electron chi connectivity index (χ3n) is 2.69. The number of carbonyl (C=O) groups is 1. The van der Waals surface area contributed by atoms with Crippen molar-refractivity contribution in [3.63, 3.8) is 0 Å². The first-order valence-corrected chi connectivity index (χ1v) is 6.34. The number of amides is 1. The van der Waals surface area contributed by atoms with Gasteiger partial charge < -0.3 is 20.5 Å². The van der Waals surface area contributed by atoms with Gasteiger partial charge in [0.05, 0.1) is 6.61 Å². The van der Waals surface area contributed by atoms with E-state index < -0.39 is 6.10 Å². The molecule has 0 radical (unpaired) electrons. The Hall–Kier alpha value is -1.59. The molecule has 106 valence electrons. The zero-order valence-electron chi connectivity index (χ0n) is 11.7. The molecule has 0 aliphatic carbocycles. The van der Waals surface area contributed by atoms with Crippen LogP contribution in [0.3, 0.4) is 0 Å². The van der Waals surface area contributed by atoms with E-state index in [4.69, 9.17) is 15.2 Å². The van der Waals surface area contributed by atoms with Crippen molar-refractivity contribution in [3.8, 4) is 5.75 Å². The van der Waals surface area contributed by atoms with Gasteiger partial charge in [-0.3, -0.25) is 4.79 Å². The summed E-state index contributed by atoms with van der Waals surface area (Å²) in [7, 11) is 1.59. The van der Waals surface area contributed by atoms with Gasteiger partial charge in [-0.05, 0) is 19.9 Å². The maximum absolute atomic E-state index is 11.8. The second-order valence-corrected chi connectivity index (χ2v) is 4.37. The fourth-order valence-corrected chi connectivity index (χ4v) is 1.63. The highest BCUT2D eigenvalue weighted by molar-refractivity contribution is 5.80. The largest absolute Gasteiger partial charge is 0.481 e. The molecule has 1 unspecified atom stereocenters. The van der Waals surface area contributed by atoms with E-state index in [2.05, 4.69) is 5.32 Å². The highest BCUT2D eigenvalue weighted by atomic mass is 16.5. The minimum Gasteiger partial charge on any atom is -0.481 e. The summed E-state index contributed by atoms with van der Waals surface area (Å²) in [6, 6.07) is 7.33. The quantitative estimate of drug-likeness (QED) is 0.728. The highest BCUT2D eigenvalue weighted by Crippen LogP contribution is 2.24. The molecule has 1 aromatic carbocycles. The molecule has 5 heteroatoms. The molecule has 0 aromatic heterocycles. The molecule has 2 atom stereocenters. The molecule has 0 fully saturated rings. The first-order valence-electron chi connectivity index (χ1n) is 6.34. The predicted octanol–water partition coefficient (Wildman–Crippen LogP) is 1.24. The Bertz CT molecular complexity index is 407. The van der Waals surface area contributed by atoms with E-state index in [1.165, 1.54) is 0 Å². The van der Waals surface area contributed by atoms with Crippen molar-refractivity contribution in [3.05, 3.63) is 29.8 Å². The lowest BCUT2D eigenvalue weighted by atomic mass is 10.1. The van der Waals surface area contributed by atoms with Gasteiger partial charge >= 0.3 is 0 Å². The van der Waals surface area contributed by atoms with Crippen LogP contribution in [0.5, 0.6) is 5.75 Å². The van der Waals surface area contributed by atoms with Gasteiger partial charge in [-0.15, -0.1) is 0 Å². The summed E-state index contributed by atoms with van der Waals surface area (Å²) < 4.78 is 10.5. The molecular formula is C14H22N2O3. The third-order valence-corrected chi connectivity index (χ3v) is 2.69. The van der Waals surface area contributed by atoms with Crippen LogP contribution < -0.4 is 15.8 Å². The number of rotatable bonds is 7. The average Bonchev–Trinajstić information content (AvgIpc) is 2.39. The summed E-state index contributed by atoms with van der Waals surface area (Å²) in [4.78, 5) is 11.8. The average molecular weight is 266 g/mol. The summed E-state index contributed by atoms with van der Waals surface area (Å²) >= 11 is 0. The molecule has 1 rings (SSSR count). The fraction of sp³-hybridized carbons (Fsp3) is 0.500. The van der Waals surface area contributed by atoms with Crippen LogP contribution in [0.25, 0.3) is 0 Å². The normalized spacial score (nSPS) is 13.7. The van der Waals surface area contributed by atoms with Crippen LogP contribution in [0, 0.1) is 0 Å². The topological polar surface area (TPSA) is 73.6 Å². The number of ether oxygens (including phenoxy) is 2. The fourth-order valence-electron chi connectivity index (χ4n) is 1.63. The number of para-hydroxylation sites is 1. The van der Waals surface area contributed by atoms with Crippen molar-refractivity contribution in [1.82, 2.24) is 5.32 Å².